The van der Waals surface area contributed by atoms with Crippen LogP contribution in [0, 0.1) is 17.0 Å². The third-order valence-electron chi connectivity index (χ3n) is 3.81. The van der Waals surface area contributed by atoms with Crippen LogP contribution in [0.25, 0.3) is 0 Å². The molecular formula is C14H18N2O5. The molecule has 0 bridgehead atoms. The summed E-state index contributed by atoms with van der Waals surface area (Å²) in [6.45, 7) is 4.28. The molecule has 7 heteroatoms. The second-order valence-electron chi connectivity index (χ2n) is 5.72. The van der Waals surface area contributed by atoms with Crippen molar-refractivity contribution in [2.75, 3.05) is 18.0 Å². The molecule has 0 aliphatic carbocycles. The first kappa shape index (κ1) is 15.2. The molecule has 1 aliphatic heterocycles. The number of nitro groups is 1. The molecule has 1 fully saturated rings. The topological polar surface area (TPSA) is 104 Å². The number of hydrogen-bond acceptors (Lipinski definition) is 5. The summed E-state index contributed by atoms with van der Waals surface area (Å²) in [6, 6.07) is 2.51. The minimum atomic E-state index is -1.21. The van der Waals surface area contributed by atoms with E-state index in [9.17, 15) is 20.0 Å². The van der Waals surface area contributed by atoms with E-state index in [1.807, 2.05) is 4.90 Å². The fourth-order valence-electron chi connectivity index (χ4n) is 2.75. The summed E-state index contributed by atoms with van der Waals surface area (Å²) in [4.78, 5) is 23.5. The number of rotatable bonds is 3. The van der Waals surface area contributed by atoms with Gasteiger partial charge in [0.1, 0.15) is 0 Å². The van der Waals surface area contributed by atoms with Crippen molar-refractivity contribution in [3.8, 4) is 0 Å². The average molecular weight is 294 g/mol. The molecule has 2 N–H and O–H groups in total. The summed E-state index contributed by atoms with van der Waals surface area (Å²) < 4.78 is 0. The molecule has 7 nitrogen and oxygen atoms in total. The molecule has 0 spiro atoms. The summed E-state index contributed by atoms with van der Waals surface area (Å²) in [5, 5.41) is 30.4. The molecule has 1 heterocycles. The third-order valence-corrected chi connectivity index (χ3v) is 3.81. The second kappa shape index (κ2) is 5.33. The third kappa shape index (κ3) is 3.13. The lowest BCUT2D eigenvalue weighted by molar-refractivity contribution is -0.385. The van der Waals surface area contributed by atoms with Crippen LogP contribution in [0.5, 0.6) is 0 Å². The van der Waals surface area contributed by atoms with Gasteiger partial charge in [0.15, 0.2) is 0 Å². The van der Waals surface area contributed by atoms with Gasteiger partial charge in [0, 0.05) is 24.8 Å². The molecule has 114 valence electrons. The van der Waals surface area contributed by atoms with Crippen LogP contribution < -0.4 is 4.90 Å². The lowest BCUT2D eigenvalue weighted by Gasteiger charge is -2.38. The molecule has 1 aliphatic rings. The first-order chi connectivity index (χ1) is 9.71. The number of aromatic carboxylic acids is 1. The van der Waals surface area contributed by atoms with Crippen LogP contribution in [-0.4, -0.2) is 39.8 Å². The van der Waals surface area contributed by atoms with Crippen LogP contribution in [-0.2, 0) is 0 Å². The number of benzene rings is 1. The summed E-state index contributed by atoms with van der Waals surface area (Å²) in [7, 11) is 0. The molecule has 1 atom stereocenters. The molecule has 1 unspecified atom stereocenters. The Balaban J connectivity index is 2.51. The maximum atomic E-state index is 11.2. The maximum absolute atomic E-state index is 11.2. The van der Waals surface area contributed by atoms with Gasteiger partial charge in [-0.3, -0.25) is 10.1 Å². The SMILES string of the molecule is Cc1c(N2CCCC(C)(O)C2)cc(C(=O)O)cc1[N+](=O)[O-]. The van der Waals surface area contributed by atoms with Crippen molar-refractivity contribution in [1.29, 1.82) is 0 Å². The van der Waals surface area contributed by atoms with E-state index >= 15 is 0 Å². The number of carbonyl (C=O) groups is 1. The predicted molar refractivity (Wildman–Crippen MR) is 76.9 cm³/mol. The normalized spacial score (nSPS) is 22.1. The minimum Gasteiger partial charge on any atom is -0.478 e. The molecule has 1 saturated heterocycles. The molecular weight excluding hydrogens is 276 g/mol. The van der Waals surface area contributed by atoms with Gasteiger partial charge >= 0.3 is 5.97 Å². The monoisotopic (exact) mass is 294 g/mol. The lowest BCUT2D eigenvalue weighted by atomic mass is 9.94. The highest BCUT2D eigenvalue weighted by atomic mass is 16.6. The van der Waals surface area contributed by atoms with Gasteiger partial charge in [0.05, 0.1) is 21.7 Å². The number of carboxylic acids is 1. The summed E-state index contributed by atoms with van der Waals surface area (Å²) in [6.07, 6.45) is 1.40. The van der Waals surface area contributed by atoms with Crippen LogP contribution in [0.4, 0.5) is 11.4 Å². The Bertz CT molecular complexity index is 597. The van der Waals surface area contributed by atoms with Crippen molar-refractivity contribution in [3.05, 3.63) is 33.4 Å². The number of hydrogen-bond donors (Lipinski definition) is 2. The lowest BCUT2D eigenvalue weighted by Crippen LogP contribution is -2.46. The highest BCUT2D eigenvalue weighted by molar-refractivity contribution is 5.90. The Kier molecular flexibility index (Phi) is 3.87. The van der Waals surface area contributed by atoms with Crippen molar-refractivity contribution < 1.29 is 19.9 Å². The highest BCUT2D eigenvalue weighted by Gasteiger charge is 2.31. The number of nitro benzene ring substituents is 1. The minimum absolute atomic E-state index is 0.118. The van der Waals surface area contributed by atoms with Crippen LogP contribution in [0.3, 0.4) is 0 Å². The maximum Gasteiger partial charge on any atom is 0.336 e. The molecule has 0 radical (unpaired) electrons. The predicted octanol–water partition coefficient (Wildman–Crippen LogP) is 1.95. The van der Waals surface area contributed by atoms with Gasteiger partial charge in [-0.05, 0) is 32.8 Å². The first-order valence-electron chi connectivity index (χ1n) is 6.71. The van der Waals surface area contributed by atoms with Gasteiger partial charge in [-0.25, -0.2) is 4.79 Å². The van der Waals surface area contributed by atoms with Crippen molar-refractivity contribution >= 4 is 17.3 Å². The summed E-state index contributed by atoms with van der Waals surface area (Å²) in [5.41, 5.74) is -0.287. The van der Waals surface area contributed by atoms with Gasteiger partial charge < -0.3 is 15.1 Å². The highest BCUT2D eigenvalue weighted by Crippen LogP contribution is 2.34. The van der Waals surface area contributed by atoms with E-state index in [4.69, 9.17) is 5.11 Å². The zero-order valence-electron chi connectivity index (χ0n) is 12.0. The zero-order valence-corrected chi connectivity index (χ0v) is 12.0. The van der Waals surface area contributed by atoms with E-state index in [0.29, 0.717) is 30.8 Å². The molecule has 1 aromatic rings. The molecule has 2 rings (SSSR count). The standard InChI is InChI=1S/C14H18N2O5/c1-9-11(15-5-3-4-14(2,19)8-15)6-10(13(17)18)7-12(9)16(20)21/h6-7,19H,3-5,8H2,1-2H3,(H,17,18). The average Bonchev–Trinajstić information content (AvgIpc) is 2.37. The van der Waals surface area contributed by atoms with Crippen LogP contribution in [0.1, 0.15) is 35.7 Å². The van der Waals surface area contributed by atoms with Gasteiger partial charge in [0.2, 0.25) is 0 Å². The number of β-amino-alcohol motifs (C(OH)–C–C–N with tert-alkyl or cyclic N) is 1. The second-order valence-corrected chi connectivity index (χ2v) is 5.72. The van der Waals surface area contributed by atoms with E-state index in [2.05, 4.69) is 0 Å². The smallest absolute Gasteiger partial charge is 0.336 e. The van der Waals surface area contributed by atoms with Crippen molar-refractivity contribution in [2.45, 2.75) is 32.3 Å². The van der Waals surface area contributed by atoms with Gasteiger partial charge in [-0.2, -0.15) is 0 Å². The number of carboxylic acid groups (broad SMARTS) is 1. The molecule has 1 aromatic carbocycles. The number of anilines is 1. The Morgan fingerprint density at radius 2 is 2.14 bits per heavy atom. The van der Waals surface area contributed by atoms with E-state index < -0.39 is 16.5 Å². The quantitative estimate of drug-likeness (QED) is 0.652. The van der Waals surface area contributed by atoms with Crippen molar-refractivity contribution in [1.82, 2.24) is 0 Å². The number of aliphatic hydroxyl groups is 1. The van der Waals surface area contributed by atoms with E-state index in [-0.39, 0.29) is 11.3 Å². The van der Waals surface area contributed by atoms with Crippen molar-refractivity contribution in [2.24, 2.45) is 0 Å². The molecule has 0 saturated carbocycles. The number of nitrogens with zero attached hydrogens (tertiary/aromatic N) is 2. The fraction of sp³-hybridized carbons (Fsp3) is 0.500. The van der Waals surface area contributed by atoms with Crippen LogP contribution in [0.2, 0.25) is 0 Å². The van der Waals surface area contributed by atoms with Crippen LogP contribution in [0.15, 0.2) is 12.1 Å². The van der Waals surface area contributed by atoms with Gasteiger partial charge in [-0.15, -0.1) is 0 Å². The Hall–Kier alpha value is -2.15. The largest absolute Gasteiger partial charge is 0.478 e. The zero-order chi connectivity index (χ0) is 15.8. The Labute approximate surface area is 122 Å². The molecule has 21 heavy (non-hydrogen) atoms. The van der Waals surface area contributed by atoms with Gasteiger partial charge in [0.25, 0.3) is 5.69 Å². The summed E-state index contributed by atoms with van der Waals surface area (Å²) in [5.74, 6) is -1.21. The van der Waals surface area contributed by atoms with E-state index in [0.717, 1.165) is 12.5 Å². The number of piperidine rings is 1. The van der Waals surface area contributed by atoms with Crippen molar-refractivity contribution in [3.63, 3.8) is 0 Å². The molecule has 0 amide bonds. The fourth-order valence-corrected chi connectivity index (χ4v) is 2.75. The van der Waals surface area contributed by atoms with E-state index in [1.54, 1.807) is 13.8 Å². The Morgan fingerprint density at radius 1 is 1.48 bits per heavy atom. The summed E-state index contributed by atoms with van der Waals surface area (Å²) >= 11 is 0. The Morgan fingerprint density at radius 3 is 2.67 bits per heavy atom. The van der Waals surface area contributed by atoms with E-state index in [1.165, 1.54) is 6.07 Å². The molecule has 0 aromatic heterocycles. The van der Waals surface area contributed by atoms with Crippen LogP contribution >= 0.6 is 0 Å². The van der Waals surface area contributed by atoms with Gasteiger partial charge in [-0.1, -0.05) is 0 Å². The first-order valence-corrected chi connectivity index (χ1v) is 6.71.